The molecule has 0 bridgehead atoms. The van der Waals surface area contributed by atoms with Crippen molar-refractivity contribution in [2.75, 3.05) is 26.5 Å². The van der Waals surface area contributed by atoms with Crippen LogP contribution in [0.5, 0.6) is 23.0 Å². The Bertz CT molecular complexity index is 817. The minimum Gasteiger partial charge on any atom is -0.494 e. The molecule has 0 spiro atoms. The van der Waals surface area contributed by atoms with Gasteiger partial charge in [-0.3, -0.25) is 4.90 Å². The molecule has 2 heterocycles. The Balaban J connectivity index is 0.00000124. The van der Waals surface area contributed by atoms with Crippen LogP contribution in [0.25, 0.3) is 0 Å². The molecular weight excluding hydrogens is 378 g/mol. The summed E-state index contributed by atoms with van der Waals surface area (Å²) in [6.07, 6.45) is 0.0134. The van der Waals surface area contributed by atoms with Crippen molar-refractivity contribution >= 4 is 0 Å². The third-order valence-corrected chi connectivity index (χ3v) is 5.79. The molecule has 0 fully saturated rings. The molecule has 2 aliphatic heterocycles. The van der Waals surface area contributed by atoms with Gasteiger partial charge in [0.2, 0.25) is 6.79 Å². The predicted molar refractivity (Wildman–Crippen MR) is 120 cm³/mol. The standard InChI is InChI=1S/C23H29NO4.C2H6/c1-5-24(6-2)23-15(4)22(16-8-10-17(11-9-16)25-7-3)18-12-20-21(27-14-26-20)13-19(18)28-23;1-2/h8-13,15,22-23H,5-7,14H2,1-4H3;1-2H3. The van der Waals surface area contributed by atoms with E-state index in [-0.39, 0.29) is 24.9 Å². The second-order valence-electron chi connectivity index (χ2n) is 7.31. The normalized spacial score (nSPS) is 21.4. The summed E-state index contributed by atoms with van der Waals surface area (Å²) in [4.78, 5) is 2.37. The second-order valence-corrected chi connectivity index (χ2v) is 7.31. The zero-order valence-electron chi connectivity index (χ0n) is 19.1. The Kier molecular flexibility index (Phi) is 7.48. The van der Waals surface area contributed by atoms with Gasteiger partial charge in [-0.25, -0.2) is 0 Å². The van der Waals surface area contributed by atoms with Gasteiger partial charge in [-0.15, -0.1) is 0 Å². The zero-order chi connectivity index (χ0) is 21.7. The average Bonchev–Trinajstić information content (AvgIpc) is 3.23. The van der Waals surface area contributed by atoms with E-state index in [1.165, 1.54) is 5.56 Å². The SMILES string of the molecule is CC.CCOc1ccc(C2c3cc4c(cc3OC(N(CC)CC)C2C)OCO4)cc1. The summed E-state index contributed by atoms with van der Waals surface area (Å²) in [5.74, 6) is 3.84. The van der Waals surface area contributed by atoms with Gasteiger partial charge in [0.15, 0.2) is 17.7 Å². The number of rotatable bonds is 6. The topological polar surface area (TPSA) is 40.2 Å². The molecule has 0 aromatic heterocycles. The summed E-state index contributed by atoms with van der Waals surface area (Å²) in [7, 11) is 0. The first-order valence-corrected chi connectivity index (χ1v) is 11.2. The van der Waals surface area contributed by atoms with Crippen LogP contribution in [-0.2, 0) is 0 Å². The minimum absolute atomic E-state index is 0.0134. The first-order chi connectivity index (χ1) is 14.7. The van der Waals surface area contributed by atoms with Crippen molar-refractivity contribution in [3.63, 3.8) is 0 Å². The molecule has 2 aliphatic rings. The maximum Gasteiger partial charge on any atom is 0.231 e. The summed E-state index contributed by atoms with van der Waals surface area (Å²) in [6, 6.07) is 12.5. The summed E-state index contributed by atoms with van der Waals surface area (Å²) in [5.41, 5.74) is 2.42. The van der Waals surface area contributed by atoms with Crippen LogP contribution in [0.4, 0.5) is 0 Å². The van der Waals surface area contributed by atoms with Gasteiger partial charge in [0.1, 0.15) is 11.5 Å². The predicted octanol–water partition coefficient (Wildman–Crippen LogP) is 5.67. The van der Waals surface area contributed by atoms with Gasteiger partial charge in [0.05, 0.1) is 6.61 Å². The molecule has 0 saturated carbocycles. The highest BCUT2D eigenvalue weighted by atomic mass is 16.7. The van der Waals surface area contributed by atoms with Crippen LogP contribution in [-0.4, -0.2) is 37.6 Å². The van der Waals surface area contributed by atoms with E-state index < -0.39 is 0 Å². The van der Waals surface area contributed by atoms with Crippen LogP contribution in [0.1, 0.15) is 58.6 Å². The largest absolute Gasteiger partial charge is 0.494 e. The van der Waals surface area contributed by atoms with Crippen molar-refractivity contribution < 1.29 is 18.9 Å². The van der Waals surface area contributed by atoms with E-state index >= 15 is 0 Å². The lowest BCUT2D eigenvalue weighted by Gasteiger charge is -2.43. The fraction of sp³-hybridized carbons (Fsp3) is 0.520. The Labute approximate surface area is 180 Å². The molecule has 0 radical (unpaired) electrons. The van der Waals surface area contributed by atoms with Crippen LogP contribution in [0.3, 0.4) is 0 Å². The number of hydrogen-bond donors (Lipinski definition) is 0. The van der Waals surface area contributed by atoms with Gasteiger partial charge in [0, 0.05) is 23.5 Å². The fourth-order valence-electron chi connectivity index (χ4n) is 4.38. The monoisotopic (exact) mass is 413 g/mol. The third kappa shape index (κ3) is 4.22. The molecule has 0 aliphatic carbocycles. The van der Waals surface area contributed by atoms with Crippen molar-refractivity contribution in [3.05, 3.63) is 47.5 Å². The van der Waals surface area contributed by atoms with E-state index in [9.17, 15) is 0 Å². The highest BCUT2D eigenvalue weighted by Gasteiger charge is 2.40. The second kappa shape index (κ2) is 10.1. The van der Waals surface area contributed by atoms with Gasteiger partial charge < -0.3 is 18.9 Å². The molecule has 30 heavy (non-hydrogen) atoms. The van der Waals surface area contributed by atoms with E-state index in [2.05, 4.69) is 56.0 Å². The quantitative estimate of drug-likeness (QED) is 0.610. The molecule has 2 aromatic rings. The number of hydrogen-bond acceptors (Lipinski definition) is 5. The highest BCUT2D eigenvalue weighted by molar-refractivity contribution is 5.56. The molecule has 0 saturated heterocycles. The maximum absolute atomic E-state index is 6.49. The lowest BCUT2D eigenvalue weighted by molar-refractivity contribution is -0.0257. The Morgan fingerprint density at radius 1 is 0.933 bits per heavy atom. The van der Waals surface area contributed by atoms with Crippen LogP contribution in [0.15, 0.2) is 36.4 Å². The molecule has 5 heteroatoms. The Morgan fingerprint density at radius 2 is 1.57 bits per heavy atom. The molecule has 2 aromatic carbocycles. The van der Waals surface area contributed by atoms with E-state index in [1.54, 1.807) is 0 Å². The van der Waals surface area contributed by atoms with E-state index in [0.717, 1.165) is 41.7 Å². The van der Waals surface area contributed by atoms with Crippen molar-refractivity contribution in [1.29, 1.82) is 0 Å². The van der Waals surface area contributed by atoms with Crippen molar-refractivity contribution in [2.24, 2.45) is 5.92 Å². The van der Waals surface area contributed by atoms with Gasteiger partial charge in [-0.1, -0.05) is 46.8 Å². The number of benzene rings is 2. The lowest BCUT2D eigenvalue weighted by Crippen LogP contribution is -2.48. The molecule has 3 atom stereocenters. The molecule has 0 N–H and O–H groups in total. The van der Waals surface area contributed by atoms with Crippen LogP contribution >= 0.6 is 0 Å². The van der Waals surface area contributed by atoms with E-state index in [1.807, 2.05) is 26.8 Å². The van der Waals surface area contributed by atoms with Crippen LogP contribution in [0.2, 0.25) is 0 Å². The van der Waals surface area contributed by atoms with Crippen LogP contribution in [0, 0.1) is 5.92 Å². The number of nitrogens with zero attached hydrogens (tertiary/aromatic N) is 1. The maximum atomic E-state index is 6.49. The average molecular weight is 414 g/mol. The molecule has 3 unspecified atom stereocenters. The van der Waals surface area contributed by atoms with Gasteiger partial charge in [-0.05, 0) is 43.8 Å². The molecule has 0 amide bonds. The number of ether oxygens (including phenoxy) is 4. The fourth-order valence-corrected chi connectivity index (χ4v) is 4.38. The Hall–Kier alpha value is -2.40. The minimum atomic E-state index is 0.0134. The first kappa shape index (κ1) is 22.3. The van der Waals surface area contributed by atoms with E-state index in [0.29, 0.717) is 6.61 Å². The summed E-state index contributed by atoms with van der Waals surface area (Å²) < 4.78 is 23.4. The van der Waals surface area contributed by atoms with Crippen molar-refractivity contribution in [1.82, 2.24) is 4.90 Å². The number of fused-ring (bicyclic) bond motifs is 2. The van der Waals surface area contributed by atoms with Crippen LogP contribution < -0.4 is 18.9 Å². The third-order valence-electron chi connectivity index (χ3n) is 5.79. The van der Waals surface area contributed by atoms with Gasteiger partial charge >= 0.3 is 0 Å². The Morgan fingerprint density at radius 3 is 2.17 bits per heavy atom. The van der Waals surface area contributed by atoms with Gasteiger partial charge in [-0.2, -0.15) is 0 Å². The zero-order valence-corrected chi connectivity index (χ0v) is 19.1. The van der Waals surface area contributed by atoms with Gasteiger partial charge in [0.25, 0.3) is 0 Å². The molecule has 4 rings (SSSR count). The lowest BCUT2D eigenvalue weighted by atomic mass is 9.78. The molecule has 164 valence electrons. The molecular formula is C25H35NO4. The first-order valence-electron chi connectivity index (χ1n) is 11.2. The summed E-state index contributed by atoms with van der Waals surface area (Å²) >= 11 is 0. The van der Waals surface area contributed by atoms with Crippen molar-refractivity contribution in [2.45, 2.75) is 53.7 Å². The summed E-state index contributed by atoms with van der Waals surface area (Å²) in [5, 5.41) is 0. The summed E-state index contributed by atoms with van der Waals surface area (Å²) in [6.45, 7) is 15.5. The van der Waals surface area contributed by atoms with E-state index in [4.69, 9.17) is 18.9 Å². The smallest absolute Gasteiger partial charge is 0.231 e. The van der Waals surface area contributed by atoms with Crippen molar-refractivity contribution in [3.8, 4) is 23.0 Å². The molecule has 5 nitrogen and oxygen atoms in total. The highest BCUT2D eigenvalue weighted by Crippen LogP contribution is 2.49.